The zero-order chi connectivity index (χ0) is 33.8. The number of nitrogens with zero attached hydrogens (tertiary/aromatic N) is 6. The Kier molecular flexibility index (Phi) is 3.11. The minimum absolute atomic E-state index is 0.0484. The van der Waals surface area contributed by atoms with Crippen molar-refractivity contribution in [2.75, 3.05) is 36.3 Å². The normalized spacial score (nSPS) is 30.8. The first-order valence-corrected chi connectivity index (χ1v) is 10.4. The van der Waals surface area contributed by atoms with E-state index in [0.717, 1.165) is 23.1 Å². The maximum absolute atomic E-state index is 13.9. The first kappa shape index (κ1) is 12.8. The molecule has 11 heteroatoms. The third-order valence-corrected chi connectivity index (χ3v) is 5.62. The van der Waals surface area contributed by atoms with Gasteiger partial charge >= 0.3 is 0 Å². The summed E-state index contributed by atoms with van der Waals surface area (Å²) >= 11 is 0. The van der Waals surface area contributed by atoms with Crippen LogP contribution in [0.2, 0.25) is 0 Å². The summed E-state index contributed by atoms with van der Waals surface area (Å²) in [6.07, 6.45) is 0.417. The van der Waals surface area contributed by atoms with Crippen molar-refractivity contribution in [1.29, 1.82) is 0 Å². The minimum Gasteiger partial charge on any atom is -0.378 e. The van der Waals surface area contributed by atoms with E-state index in [1.807, 2.05) is 0 Å². The van der Waals surface area contributed by atoms with Gasteiger partial charge in [0.05, 0.1) is 36.0 Å². The lowest BCUT2D eigenvalue weighted by molar-refractivity contribution is -0.117. The van der Waals surface area contributed by atoms with Crippen LogP contribution in [0.25, 0.3) is 27.8 Å². The van der Waals surface area contributed by atoms with Crippen molar-refractivity contribution in [2.24, 2.45) is 11.8 Å². The second kappa shape index (κ2) is 8.49. The molecular formula is C24H23F2N7O2. The highest BCUT2D eigenvalue weighted by Crippen LogP contribution is 2.39. The molecule has 1 amide bonds. The van der Waals surface area contributed by atoms with E-state index in [4.69, 9.17) is 15.1 Å². The van der Waals surface area contributed by atoms with Gasteiger partial charge in [-0.3, -0.25) is 9.78 Å². The molecular weight excluding hydrogens is 456 g/mol. The van der Waals surface area contributed by atoms with Gasteiger partial charge in [0, 0.05) is 51.8 Å². The fourth-order valence-electron chi connectivity index (χ4n) is 3.72. The second-order valence-corrected chi connectivity index (χ2v) is 7.90. The van der Waals surface area contributed by atoms with Crippen molar-refractivity contribution in [2.45, 2.75) is 19.7 Å². The van der Waals surface area contributed by atoms with Crippen LogP contribution in [0, 0.1) is 11.8 Å². The van der Waals surface area contributed by atoms with Crippen LogP contribution in [-0.4, -0.2) is 56.6 Å². The summed E-state index contributed by atoms with van der Waals surface area (Å²) in [7, 11) is 0. The Morgan fingerprint density at radius 2 is 2.11 bits per heavy atom. The molecule has 1 aliphatic heterocycles. The number of alkyl halides is 2. The van der Waals surface area contributed by atoms with Crippen LogP contribution in [0.5, 0.6) is 0 Å². The van der Waals surface area contributed by atoms with Gasteiger partial charge in [-0.1, -0.05) is 6.85 Å². The zero-order valence-electron chi connectivity index (χ0n) is 28.7. The van der Waals surface area contributed by atoms with E-state index in [9.17, 15) is 13.6 Å². The smallest absolute Gasteiger partial charge is 0.281 e. The van der Waals surface area contributed by atoms with Crippen molar-refractivity contribution < 1.29 is 33.4 Å². The molecule has 1 N–H and O–H groups in total. The number of halogens is 2. The molecule has 6 rings (SSSR count). The molecule has 9 nitrogen and oxygen atoms in total. The monoisotopic (exact) mass is 490 g/mol. The molecule has 5 heterocycles. The summed E-state index contributed by atoms with van der Waals surface area (Å²) in [6.45, 7) is -15.3. The fourth-order valence-corrected chi connectivity index (χ4v) is 3.72. The molecule has 1 aliphatic carbocycles. The van der Waals surface area contributed by atoms with E-state index in [-0.39, 0.29) is 50.6 Å². The van der Waals surface area contributed by atoms with E-state index in [1.165, 1.54) is 18.2 Å². The number of fused-ring (bicyclic) bond motifs is 2. The fraction of sp³-hybridized carbons (Fsp3) is 0.375. The van der Waals surface area contributed by atoms with Gasteiger partial charge < -0.3 is 15.0 Å². The highest BCUT2D eigenvalue weighted by atomic mass is 19.3. The van der Waals surface area contributed by atoms with Crippen molar-refractivity contribution in [1.82, 2.24) is 24.6 Å². The van der Waals surface area contributed by atoms with Crippen LogP contribution in [0.3, 0.4) is 0 Å². The summed E-state index contributed by atoms with van der Waals surface area (Å²) < 4.78 is 121. The van der Waals surface area contributed by atoms with Crippen LogP contribution in [-0.2, 0) is 9.53 Å². The topological polar surface area (TPSA) is 97.5 Å². The van der Waals surface area contributed by atoms with E-state index >= 15 is 0 Å². The zero-order valence-corrected chi connectivity index (χ0v) is 17.7. The molecule has 180 valence electrons. The number of anilines is 2. The SMILES string of the molecule is [2H]C([2H])([2H])[C@H]1C[C@H]1C(=O)Nc1cc2c(-c3nc4ccc(N5C([2H])([2H])C([2H])([2H])OC([2H])([2H])C5([2H])[2H])cn4n3)cnc(C(F)F)c2cn1. The van der Waals surface area contributed by atoms with Crippen molar-refractivity contribution in [3.8, 4) is 11.4 Å². The van der Waals surface area contributed by atoms with Crippen LogP contribution >= 0.6 is 0 Å². The van der Waals surface area contributed by atoms with Gasteiger partial charge in [-0.2, -0.15) is 0 Å². The summed E-state index contributed by atoms with van der Waals surface area (Å²) in [5.41, 5.74) is -0.716. The number of morpholine rings is 1. The molecule has 2 aliphatic rings. The van der Waals surface area contributed by atoms with Crippen molar-refractivity contribution >= 4 is 33.8 Å². The summed E-state index contributed by atoms with van der Waals surface area (Å²) in [5, 5.41) is 6.86. The van der Waals surface area contributed by atoms with E-state index in [1.54, 1.807) is 0 Å². The van der Waals surface area contributed by atoms with Gasteiger partial charge in [0.1, 0.15) is 11.5 Å². The molecule has 35 heavy (non-hydrogen) atoms. The number of aromatic nitrogens is 5. The lowest BCUT2D eigenvalue weighted by Gasteiger charge is -2.28. The predicted molar refractivity (Wildman–Crippen MR) is 125 cm³/mol. The molecule has 1 saturated carbocycles. The van der Waals surface area contributed by atoms with E-state index < -0.39 is 62.8 Å². The van der Waals surface area contributed by atoms with E-state index in [2.05, 4.69) is 30.1 Å². The number of rotatable bonds is 5. The Hall–Kier alpha value is -3.73. The molecule has 0 unspecified atom stereocenters. The summed E-state index contributed by atoms with van der Waals surface area (Å²) in [4.78, 5) is 25.2. The Morgan fingerprint density at radius 3 is 2.89 bits per heavy atom. The standard InChI is InChI=1S/C24H23F2N7O2/c1-13-8-15(13)24(34)29-19-9-16-17(10-27-19)21(22(25)26)28-11-18(16)23-30-20-3-2-14(12-33(20)31-23)32-4-6-35-7-5-32/h2-3,9-13,15,22H,4-8H2,1H3,(H,27,29,34)/t13-,15+/m0/s1/i1D3,4D2,5D2,6D2,7D2. The van der Waals surface area contributed by atoms with Crippen molar-refractivity contribution in [3.05, 3.63) is 42.5 Å². The molecule has 0 radical (unpaired) electrons. The van der Waals surface area contributed by atoms with Crippen LogP contribution < -0.4 is 10.2 Å². The lowest BCUT2D eigenvalue weighted by atomic mass is 10.1. The molecule has 4 aromatic heterocycles. The van der Waals surface area contributed by atoms with Crippen LogP contribution in [0.1, 0.15) is 40.5 Å². The molecule has 0 bridgehead atoms. The maximum atomic E-state index is 13.9. The largest absolute Gasteiger partial charge is 0.378 e. The quantitative estimate of drug-likeness (QED) is 0.455. The maximum Gasteiger partial charge on any atom is 0.281 e. The molecule has 4 aromatic rings. The first-order chi connectivity index (χ1) is 21.2. The number of carbonyl (C=O) groups excluding carboxylic acids is 1. The summed E-state index contributed by atoms with van der Waals surface area (Å²) in [5.74, 6) is -2.28. The molecule has 2 atom stereocenters. The van der Waals surface area contributed by atoms with Crippen molar-refractivity contribution in [3.63, 3.8) is 0 Å². The van der Waals surface area contributed by atoms with Gasteiger partial charge in [0.15, 0.2) is 11.5 Å². The third-order valence-electron chi connectivity index (χ3n) is 5.62. The molecule has 0 aromatic carbocycles. The van der Waals surface area contributed by atoms with Gasteiger partial charge in [0.2, 0.25) is 5.91 Å². The number of carbonyl (C=O) groups is 1. The molecule has 2 fully saturated rings. The van der Waals surface area contributed by atoms with Gasteiger partial charge in [0.25, 0.3) is 6.43 Å². The number of pyridine rings is 3. The van der Waals surface area contributed by atoms with Gasteiger partial charge in [-0.15, -0.1) is 5.10 Å². The first-order valence-electron chi connectivity index (χ1n) is 15.9. The van der Waals surface area contributed by atoms with Gasteiger partial charge in [-0.25, -0.2) is 23.3 Å². The Bertz CT molecular complexity index is 1860. The van der Waals surface area contributed by atoms with Crippen LogP contribution in [0.15, 0.2) is 36.8 Å². The Balaban J connectivity index is 1.41. The third kappa shape index (κ3) is 4.05. The highest BCUT2D eigenvalue weighted by Gasteiger charge is 2.39. The molecule has 1 saturated heterocycles. The second-order valence-electron chi connectivity index (χ2n) is 7.90. The van der Waals surface area contributed by atoms with E-state index in [0.29, 0.717) is 0 Å². The number of nitrogens with one attached hydrogen (secondary N) is 1. The number of hydrogen-bond acceptors (Lipinski definition) is 7. The number of ether oxygens (including phenoxy) is 1. The minimum atomic E-state index is -3.28. The summed E-state index contributed by atoms with van der Waals surface area (Å²) in [6, 6.07) is 3.76. The lowest BCUT2D eigenvalue weighted by Crippen LogP contribution is -2.36. The predicted octanol–water partition coefficient (Wildman–Crippen LogP) is 3.71. The average molecular weight is 491 g/mol. The van der Waals surface area contributed by atoms with Gasteiger partial charge in [-0.05, 0) is 30.5 Å². The average Bonchev–Trinajstić information content (AvgIpc) is 3.65. The van der Waals surface area contributed by atoms with Crippen LogP contribution in [0.4, 0.5) is 20.3 Å². The highest BCUT2D eigenvalue weighted by molar-refractivity contribution is 6.00. The molecule has 0 spiro atoms. The Labute approximate surface area is 214 Å². The Morgan fingerprint density at radius 1 is 1.26 bits per heavy atom. The number of hydrogen-bond donors (Lipinski definition) is 1. The number of amides is 1.